The number of rotatable bonds is 4. The number of nitrogens with zero attached hydrogens (tertiary/aromatic N) is 1. The zero-order chi connectivity index (χ0) is 12.3. The number of hydrogen-bond donors (Lipinski definition) is 1. The highest BCUT2D eigenvalue weighted by molar-refractivity contribution is 5.30. The van der Waals surface area contributed by atoms with E-state index in [1.165, 1.54) is 36.2 Å². The summed E-state index contributed by atoms with van der Waals surface area (Å²) in [5.41, 5.74) is 4.19. The van der Waals surface area contributed by atoms with E-state index in [0.29, 0.717) is 0 Å². The van der Waals surface area contributed by atoms with Crippen LogP contribution in [0.2, 0.25) is 0 Å². The van der Waals surface area contributed by atoms with E-state index in [0.717, 1.165) is 19.0 Å². The van der Waals surface area contributed by atoms with Crippen LogP contribution >= 0.6 is 0 Å². The van der Waals surface area contributed by atoms with Crippen molar-refractivity contribution in [2.45, 2.75) is 26.8 Å². The third kappa shape index (κ3) is 3.55. The summed E-state index contributed by atoms with van der Waals surface area (Å²) >= 11 is 0. The van der Waals surface area contributed by atoms with E-state index in [1.54, 1.807) is 0 Å². The van der Waals surface area contributed by atoms with E-state index in [-0.39, 0.29) is 0 Å². The van der Waals surface area contributed by atoms with Gasteiger partial charge in [-0.2, -0.15) is 0 Å². The van der Waals surface area contributed by atoms with Gasteiger partial charge in [0.05, 0.1) is 0 Å². The number of nitrogens with one attached hydrogen (secondary N) is 1. The summed E-state index contributed by atoms with van der Waals surface area (Å²) in [6, 6.07) is 6.70. The predicted octanol–water partition coefficient (Wildman–Crippen LogP) is 2.34. The van der Waals surface area contributed by atoms with Crippen molar-refractivity contribution >= 4 is 0 Å². The van der Waals surface area contributed by atoms with E-state index in [1.807, 2.05) is 0 Å². The molecule has 0 amide bonds. The molecule has 0 aromatic heterocycles. The maximum atomic E-state index is 3.61. The van der Waals surface area contributed by atoms with Crippen LogP contribution in [0.4, 0.5) is 0 Å². The van der Waals surface area contributed by atoms with E-state index in [9.17, 15) is 0 Å². The fourth-order valence-electron chi connectivity index (χ4n) is 2.59. The van der Waals surface area contributed by atoms with Crippen LogP contribution in [-0.2, 0) is 6.54 Å². The molecule has 1 aliphatic rings. The molecule has 17 heavy (non-hydrogen) atoms. The number of benzene rings is 1. The SMILES string of the molecule is Cc1ccc(C)c(CNCC2CCN(C)C2)c1. The average Bonchev–Trinajstić information content (AvgIpc) is 2.69. The van der Waals surface area contributed by atoms with Gasteiger partial charge in [-0.1, -0.05) is 23.8 Å². The van der Waals surface area contributed by atoms with Gasteiger partial charge in [0.2, 0.25) is 0 Å². The summed E-state index contributed by atoms with van der Waals surface area (Å²) in [5, 5.41) is 3.61. The highest BCUT2D eigenvalue weighted by Crippen LogP contribution is 2.14. The summed E-state index contributed by atoms with van der Waals surface area (Å²) in [6.07, 6.45) is 1.34. The van der Waals surface area contributed by atoms with Crippen molar-refractivity contribution in [2.24, 2.45) is 5.92 Å². The van der Waals surface area contributed by atoms with Gasteiger partial charge in [-0.3, -0.25) is 0 Å². The molecule has 0 spiro atoms. The lowest BCUT2D eigenvalue weighted by atomic mass is 10.1. The molecule has 2 heteroatoms. The summed E-state index contributed by atoms with van der Waals surface area (Å²) in [5.74, 6) is 0.838. The molecule has 2 nitrogen and oxygen atoms in total. The number of aryl methyl sites for hydroxylation is 2. The molecular formula is C15H24N2. The Bertz CT molecular complexity index is 373. The quantitative estimate of drug-likeness (QED) is 0.857. The average molecular weight is 232 g/mol. The predicted molar refractivity (Wildman–Crippen MR) is 73.2 cm³/mol. The van der Waals surface area contributed by atoms with Gasteiger partial charge < -0.3 is 10.2 Å². The van der Waals surface area contributed by atoms with Crippen molar-refractivity contribution in [2.75, 3.05) is 26.7 Å². The number of likely N-dealkylation sites (tertiary alicyclic amines) is 1. The van der Waals surface area contributed by atoms with E-state index in [2.05, 4.69) is 49.3 Å². The lowest BCUT2D eigenvalue weighted by Crippen LogP contribution is -2.25. The van der Waals surface area contributed by atoms with Gasteiger partial charge in [0.25, 0.3) is 0 Å². The lowest BCUT2D eigenvalue weighted by Gasteiger charge is -2.13. The number of hydrogen-bond acceptors (Lipinski definition) is 2. The molecule has 2 rings (SSSR count). The molecule has 1 N–H and O–H groups in total. The Morgan fingerprint density at radius 2 is 2.18 bits per heavy atom. The third-order valence-electron chi connectivity index (χ3n) is 3.74. The van der Waals surface area contributed by atoms with Crippen LogP contribution in [0.5, 0.6) is 0 Å². The van der Waals surface area contributed by atoms with Crippen LogP contribution in [-0.4, -0.2) is 31.6 Å². The van der Waals surface area contributed by atoms with Crippen molar-refractivity contribution < 1.29 is 0 Å². The molecule has 1 aliphatic heterocycles. The molecule has 1 unspecified atom stereocenters. The first-order valence-electron chi connectivity index (χ1n) is 6.60. The minimum absolute atomic E-state index is 0.838. The van der Waals surface area contributed by atoms with Crippen molar-refractivity contribution in [3.63, 3.8) is 0 Å². The first-order chi connectivity index (χ1) is 8.15. The van der Waals surface area contributed by atoms with Gasteiger partial charge in [-0.05, 0) is 57.5 Å². The molecule has 0 bridgehead atoms. The standard InChI is InChI=1S/C15H24N2/c1-12-4-5-13(2)15(8-12)10-16-9-14-6-7-17(3)11-14/h4-5,8,14,16H,6-7,9-11H2,1-3H3. The summed E-state index contributed by atoms with van der Waals surface area (Å²) in [6.45, 7) is 9.02. The zero-order valence-electron chi connectivity index (χ0n) is 11.3. The minimum Gasteiger partial charge on any atom is -0.312 e. The molecule has 1 fully saturated rings. The Balaban J connectivity index is 1.80. The largest absolute Gasteiger partial charge is 0.312 e. The molecule has 0 radical (unpaired) electrons. The van der Waals surface area contributed by atoms with Crippen LogP contribution in [0, 0.1) is 19.8 Å². The molecule has 0 saturated carbocycles. The van der Waals surface area contributed by atoms with Crippen LogP contribution in [0.1, 0.15) is 23.1 Å². The van der Waals surface area contributed by atoms with Crippen molar-refractivity contribution in [3.05, 3.63) is 34.9 Å². The maximum absolute atomic E-state index is 3.61. The fraction of sp³-hybridized carbons (Fsp3) is 0.600. The Labute approximate surface area is 105 Å². The van der Waals surface area contributed by atoms with Gasteiger partial charge in [-0.15, -0.1) is 0 Å². The third-order valence-corrected chi connectivity index (χ3v) is 3.74. The molecule has 94 valence electrons. The van der Waals surface area contributed by atoms with Gasteiger partial charge in [0.15, 0.2) is 0 Å². The first kappa shape index (κ1) is 12.6. The van der Waals surface area contributed by atoms with Crippen LogP contribution < -0.4 is 5.32 Å². The van der Waals surface area contributed by atoms with Gasteiger partial charge in [0, 0.05) is 13.1 Å². The Kier molecular flexibility index (Phi) is 4.19. The van der Waals surface area contributed by atoms with E-state index < -0.39 is 0 Å². The molecule has 1 aromatic rings. The second-order valence-corrected chi connectivity index (χ2v) is 5.48. The van der Waals surface area contributed by atoms with E-state index >= 15 is 0 Å². The first-order valence-corrected chi connectivity index (χ1v) is 6.60. The minimum atomic E-state index is 0.838. The summed E-state index contributed by atoms with van der Waals surface area (Å²) < 4.78 is 0. The lowest BCUT2D eigenvalue weighted by molar-refractivity contribution is 0.388. The van der Waals surface area contributed by atoms with E-state index in [4.69, 9.17) is 0 Å². The highest BCUT2D eigenvalue weighted by atomic mass is 15.1. The van der Waals surface area contributed by atoms with Crippen LogP contribution in [0.25, 0.3) is 0 Å². The Hall–Kier alpha value is -0.860. The molecule has 1 heterocycles. The van der Waals surface area contributed by atoms with Crippen molar-refractivity contribution in [3.8, 4) is 0 Å². The summed E-state index contributed by atoms with van der Waals surface area (Å²) in [4.78, 5) is 2.42. The van der Waals surface area contributed by atoms with Crippen molar-refractivity contribution in [1.29, 1.82) is 0 Å². The second kappa shape index (κ2) is 5.65. The zero-order valence-corrected chi connectivity index (χ0v) is 11.3. The molecular weight excluding hydrogens is 208 g/mol. The molecule has 1 atom stereocenters. The second-order valence-electron chi connectivity index (χ2n) is 5.48. The monoisotopic (exact) mass is 232 g/mol. The molecule has 1 aromatic carbocycles. The fourth-order valence-corrected chi connectivity index (χ4v) is 2.59. The molecule has 1 saturated heterocycles. The maximum Gasteiger partial charge on any atom is 0.0208 e. The normalized spacial score (nSPS) is 21.0. The topological polar surface area (TPSA) is 15.3 Å². The Morgan fingerprint density at radius 1 is 1.35 bits per heavy atom. The smallest absolute Gasteiger partial charge is 0.0208 e. The highest BCUT2D eigenvalue weighted by Gasteiger charge is 2.18. The van der Waals surface area contributed by atoms with Crippen molar-refractivity contribution in [1.82, 2.24) is 10.2 Å². The van der Waals surface area contributed by atoms with Crippen LogP contribution in [0.3, 0.4) is 0 Å². The van der Waals surface area contributed by atoms with Gasteiger partial charge in [0.1, 0.15) is 0 Å². The summed E-state index contributed by atoms with van der Waals surface area (Å²) in [7, 11) is 2.21. The van der Waals surface area contributed by atoms with Crippen LogP contribution in [0.15, 0.2) is 18.2 Å². The van der Waals surface area contributed by atoms with Gasteiger partial charge >= 0.3 is 0 Å². The van der Waals surface area contributed by atoms with Gasteiger partial charge in [-0.25, -0.2) is 0 Å². The molecule has 0 aliphatic carbocycles. The Morgan fingerprint density at radius 3 is 2.88 bits per heavy atom.